The van der Waals surface area contributed by atoms with Crippen LogP contribution in [-0.2, 0) is 5.60 Å². The highest BCUT2D eigenvalue weighted by molar-refractivity contribution is 6.30. The van der Waals surface area contributed by atoms with Gasteiger partial charge in [-0.2, -0.15) is 5.10 Å². The van der Waals surface area contributed by atoms with Crippen molar-refractivity contribution < 1.29 is 5.11 Å². The summed E-state index contributed by atoms with van der Waals surface area (Å²) < 4.78 is 0. The highest BCUT2D eigenvalue weighted by Gasteiger charge is 2.39. The minimum atomic E-state index is -1.52. The quantitative estimate of drug-likeness (QED) is 0.675. The molecule has 3 aromatic rings. The number of imidazole rings is 1. The summed E-state index contributed by atoms with van der Waals surface area (Å²) in [5.41, 5.74) is -0.937. The van der Waals surface area contributed by atoms with Crippen LogP contribution in [0.15, 0.2) is 43.0 Å². The first-order valence-corrected chi connectivity index (χ1v) is 5.93. The number of halogens is 1. The number of benzene rings is 1. The second-order valence-electron chi connectivity index (χ2n) is 3.99. The van der Waals surface area contributed by atoms with E-state index in [1.807, 2.05) is 0 Å². The van der Waals surface area contributed by atoms with E-state index < -0.39 is 5.60 Å². The maximum Gasteiger partial charge on any atom is 0.207 e. The average molecular weight is 276 g/mol. The van der Waals surface area contributed by atoms with Gasteiger partial charge in [0, 0.05) is 17.4 Å². The molecule has 19 heavy (non-hydrogen) atoms. The smallest absolute Gasteiger partial charge is 0.207 e. The number of aromatic nitrogens is 5. The van der Waals surface area contributed by atoms with Crippen molar-refractivity contribution in [3.05, 3.63) is 65.2 Å². The van der Waals surface area contributed by atoms with Gasteiger partial charge in [0.1, 0.15) is 6.33 Å². The van der Waals surface area contributed by atoms with Gasteiger partial charge in [0.15, 0.2) is 11.6 Å². The molecule has 0 aliphatic heterocycles. The van der Waals surface area contributed by atoms with Gasteiger partial charge >= 0.3 is 0 Å². The Kier molecular flexibility index (Phi) is 2.81. The van der Waals surface area contributed by atoms with Crippen molar-refractivity contribution in [2.75, 3.05) is 0 Å². The molecule has 1 unspecified atom stereocenters. The molecule has 0 bridgehead atoms. The van der Waals surface area contributed by atoms with Crippen molar-refractivity contribution in [2.45, 2.75) is 5.60 Å². The Bertz CT molecular complexity index is 614. The highest BCUT2D eigenvalue weighted by Crippen LogP contribution is 2.32. The molecule has 0 aliphatic carbocycles. The first kappa shape index (κ1) is 11.9. The Morgan fingerprint density at radius 2 is 1.89 bits per heavy atom. The van der Waals surface area contributed by atoms with E-state index in [2.05, 4.69) is 25.1 Å². The summed E-state index contributed by atoms with van der Waals surface area (Å²) >= 11 is 5.87. The third-order valence-corrected chi connectivity index (χ3v) is 3.11. The number of aromatic amines is 2. The summed E-state index contributed by atoms with van der Waals surface area (Å²) in [7, 11) is 0. The molecule has 0 fully saturated rings. The number of nitrogens with one attached hydrogen (secondary N) is 2. The average Bonchev–Trinajstić information content (AvgIpc) is 3.12. The number of rotatable bonds is 3. The molecule has 6 nitrogen and oxygen atoms in total. The third kappa shape index (κ3) is 1.91. The van der Waals surface area contributed by atoms with Crippen LogP contribution in [0.25, 0.3) is 0 Å². The summed E-state index contributed by atoms with van der Waals surface area (Å²) in [5, 5.41) is 18.1. The monoisotopic (exact) mass is 275 g/mol. The van der Waals surface area contributed by atoms with Crippen LogP contribution in [0.1, 0.15) is 17.2 Å². The molecule has 96 valence electrons. The lowest BCUT2D eigenvalue weighted by atomic mass is 9.92. The maximum atomic E-state index is 11.0. The number of hydrogen-bond acceptors (Lipinski definition) is 4. The van der Waals surface area contributed by atoms with E-state index in [1.165, 1.54) is 6.33 Å². The second-order valence-corrected chi connectivity index (χ2v) is 4.43. The minimum Gasteiger partial charge on any atom is -0.371 e. The molecule has 0 saturated carbocycles. The molecule has 3 N–H and O–H groups in total. The van der Waals surface area contributed by atoms with Crippen molar-refractivity contribution >= 4 is 11.6 Å². The van der Waals surface area contributed by atoms with Crippen LogP contribution in [0.2, 0.25) is 5.02 Å². The van der Waals surface area contributed by atoms with Crippen molar-refractivity contribution in [1.29, 1.82) is 0 Å². The molecule has 0 radical (unpaired) electrons. The van der Waals surface area contributed by atoms with E-state index >= 15 is 0 Å². The molecule has 7 heteroatoms. The molecule has 1 atom stereocenters. The van der Waals surface area contributed by atoms with Crippen molar-refractivity contribution in [3.63, 3.8) is 0 Å². The lowest BCUT2D eigenvalue weighted by Gasteiger charge is -2.24. The van der Waals surface area contributed by atoms with Gasteiger partial charge in [0.25, 0.3) is 0 Å². The van der Waals surface area contributed by atoms with Crippen LogP contribution < -0.4 is 0 Å². The Morgan fingerprint density at radius 3 is 2.47 bits per heavy atom. The first-order chi connectivity index (χ1) is 9.21. The van der Waals surface area contributed by atoms with E-state index in [0.717, 1.165) is 0 Å². The fourth-order valence-electron chi connectivity index (χ4n) is 1.92. The van der Waals surface area contributed by atoms with Crippen LogP contribution in [0.4, 0.5) is 0 Å². The first-order valence-electron chi connectivity index (χ1n) is 5.55. The minimum absolute atomic E-state index is 0.282. The normalized spacial score (nSPS) is 14.2. The standard InChI is InChI=1S/C12H10ClN5O/c13-9-3-1-8(2-4-9)12(19,10-14-5-6-15-10)11-16-7-17-18-11/h1-7,19H,(H,14,15)(H,16,17,18). The Labute approximate surface area is 113 Å². The van der Waals surface area contributed by atoms with Gasteiger partial charge in [-0.05, 0) is 17.7 Å². The van der Waals surface area contributed by atoms with Gasteiger partial charge in [-0.3, -0.25) is 5.10 Å². The number of hydrogen-bond donors (Lipinski definition) is 3. The van der Waals surface area contributed by atoms with Gasteiger partial charge in [0.2, 0.25) is 5.60 Å². The lowest BCUT2D eigenvalue weighted by molar-refractivity contribution is 0.107. The van der Waals surface area contributed by atoms with E-state index in [1.54, 1.807) is 36.7 Å². The predicted molar refractivity (Wildman–Crippen MR) is 68.5 cm³/mol. The zero-order chi connectivity index (χ0) is 13.3. The van der Waals surface area contributed by atoms with Crippen molar-refractivity contribution in [2.24, 2.45) is 0 Å². The summed E-state index contributed by atoms with van der Waals surface area (Å²) in [6.45, 7) is 0. The van der Waals surface area contributed by atoms with Crippen LogP contribution >= 0.6 is 11.6 Å². The number of nitrogens with zero attached hydrogens (tertiary/aromatic N) is 3. The van der Waals surface area contributed by atoms with Gasteiger partial charge in [-0.25, -0.2) is 9.97 Å². The van der Waals surface area contributed by atoms with Gasteiger partial charge in [0.05, 0.1) is 0 Å². The Hall–Kier alpha value is -2.18. The Morgan fingerprint density at radius 1 is 1.11 bits per heavy atom. The fourth-order valence-corrected chi connectivity index (χ4v) is 2.05. The molecule has 2 aromatic heterocycles. The summed E-state index contributed by atoms with van der Waals surface area (Å²) in [6, 6.07) is 6.82. The largest absolute Gasteiger partial charge is 0.371 e. The van der Waals surface area contributed by atoms with E-state index in [-0.39, 0.29) is 5.82 Å². The molecule has 0 aliphatic rings. The summed E-state index contributed by atoms with van der Waals surface area (Å²) in [6.07, 6.45) is 4.53. The molecule has 0 saturated heterocycles. The maximum absolute atomic E-state index is 11.0. The topological polar surface area (TPSA) is 90.5 Å². The zero-order valence-corrected chi connectivity index (χ0v) is 10.5. The van der Waals surface area contributed by atoms with E-state index in [4.69, 9.17) is 11.6 Å². The summed E-state index contributed by atoms with van der Waals surface area (Å²) in [5.74, 6) is 0.636. The van der Waals surface area contributed by atoms with Crippen molar-refractivity contribution in [3.8, 4) is 0 Å². The molecule has 1 aromatic carbocycles. The van der Waals surface area contributed by atoms with Crippen LogP contribution in [0.3, 0.4) is 0 Å². The van der Waals surface area contributed by atoms with Gasteiger partial charge in [-0.1, -0.05) is 23.7 Å². The van der Waals surface area contributed by atoms with Crippen LogP contribution in [-0.4, -0.2) is 30.3 Å². The highest BCUT2D eigenvalue weighted by atomic mass is 35.5. The fraction of sp³-hybridized carbons (Fsp3) is 0.0833. The third-order valence-electron chi connectivity index (χ3n) is 2.86. The number of aliphatic hydroxyl groups is 1. The van der Waals surface area contributed by atoms with Gasteiger partial charge < -0.3 is 10.1 Å². The number of H-pyrrole nitrogens is 2. The Balaban J connectivity index is 2.20. The molecule has 2 heterocycles. The van der Waals surface area contributed by atoms with Crippen molar-refractivity contribution in [1.82, 2.24) is 25.1 Å². The second kappa shape index (κ2) is 4.49. The van der Waals surface area contributed by atoms with Crippen LogP contribution in [0, 0.1) is 0 Å². The molecule has 0 spiro atoms. The molecule has 0 amide bonds. The van der Waals surface area contributed by atoms with Crippen LogP contribution in [0.5, 0.6) is 0 Å². The molecular formula is C12H10ClN5O. The molecule has 3 rings (SSSR count). The zero-order valence-electron chi connectivity index (χ0n) is 9.71. The lowest BCUT2D eigenvalue weighted by Crippen LogP contribution is -2.31. The van der Waals surface area contributed by atoms with E-state index in [0.29, 0.717) is 16.4 Å². The molecular weight excluding hydrogens is 266 g/mol. The van der Waals surface area contributed by atoms with E-state index in [9.17, 15) is 5.11 Å². The summed E-state index contributed by atoms with van der Waals surface area (Å²) in [4.78, 5) is 11.0. The van der Waals surface area contributed by atoms with Gasteiger partial charge in [-0.15, -0.1) is 0 Å². The SMILES string of the molecule is OC(c1ccc(Cl)cc1)(c1ncc[nH]1)c1ncn[nH]1. The predicted octanol–water partition coefficient (Wildman–Crippen LogP) is 1.47.